The molecule has 16 heavy (non-hydrogen) atoms. The van der Waals surface area contributed by atoms with Crippen LogP contribution in [-0.2, 0) is 0 Å². The molecule has 1 unspecified atom stereocenters. The largest absolute Gasteiger partial charge is 0.351 e. The molecule has 1 aromatic carbocycles. The van der Waals surface area contributed by atoms with Crippen molar-refractivity contribution in [1.29, 1.82) is 0 Å². The molecule has 0 aliphatic rings. The van der Waals surface area contributed by atoms with Gasteiger partial charge in [-0.3, -0.25) is 4.79 Å². The molecule has 0 saturated carbocycles. The first-order valence-corrected chi connectivity index (χ1v) is 6.89. The van der Waals surface area contributed by atoms with Crippen LogP contribution in [0.2, 0.25) is 0 Å². The summed E-state index contributed by atoms with van der Waals surface area (Å²) in [5, 5.41) is 3.02. The van der Waals surface area contributed by atoms with Crippen LogP contribution in [0.4, 0.5) is 4.39 Å². The zero-order chi connectivity index (χ0) is 12.1. The number of benzene rings is 1. The molecule has 0 bridgehead atoms. The summed E-state index contributed by atoms with van der Waals surface area (Å²) in [5.74, 6) is -0.894. The lowest BCUT2D eigenvalue weighted by atomic mass is 10.2. The molecule has 1 atom stereocenters. The molecule has 0 heterocycles. The smallest absolute Gasteiger partial charge is 0.255 e. The van der Waals surface area contributed by atoms with Crippen molar-refractivity contribution in [3.05, 3.63) is 34.1 Å². The Kier molecular flexibility index (Phi) is 5.28. The van der Waals surface area contributed by atoms with Gasteiger partial charge in [0.05, 0.1) is 5.56 Å². The number of nitrogens with one attached hydrogen (secondary N) is 1. The molecule has 0 aliphatic carbocycles. The number of thioether (sulfide) groups is 1. The van der Waals surface area contributed by atoms with Crippen LogP contribution in [0.3, 0.4) is 0 Å². The van der Waals surface area contributed by atoms with Gasteiger partial charge in [0.15, 0.2) is 0 Å². The Morgan fingerprint density at radius 3 is 2.88 bits per heavy atom. The Bertz CT molecular complexity index is 366. The molecule has 0 radical (unpaired) electrons. The summed E-state index contributed by atoms with van der Waals surface area (Å²) in [6.45, 7) is 2.53. The molecule has 0 aliphatic heterocycles. The number of amides is 1. The van der Waals surface area contributed by atoms with E-state index >= 15 is 0 Å². The molecule has 0 aromatic heterocycles. The molecular weight excluding hydrogens is 293 g/mol. The van der Waals surface area contributed by atoms with Gasteiger partial charge in [0, 0.05) is 16.3 Å². The maximum atomic E-state index is 13.4. The van der Waals surface area contributed by atoms with Gasteiger partial charge in [-0.1, -0.05) is 13.0 Å². The second-order valence-corrected chi connectivity index (χ2v) is 5.48. The first-order valence-electron chi connectivity index (χ1n) is 4.81. The summed E-state index contributed by atoms with van der Waals surface area (Å²) in [5.41, 5.74) is 0.0656. The maximum Gasteiger partial charge on any atom is 0.255 e. The standard InChI is InChI=1S/C11H13BrFNOS/c1-7(16-2)6-14-11(15)10-8(12)4-3-5-9(10)13/h3-5,7H,6H2,1-2H3,(H,14,15). The van der Waals surface area contributed by atoms with Crippen LogP contribution >= 0.6 is 27.7 Å². The molecule has 0 spiro atoms. The third kappa shape index (κ3) is 3.49. The fraction of sp³-hybridized carbons (Fsp3) is 0.364. The van der Waals surface area contributed by atoms with E-state index in [1.807, 2.05) is 13.2 Å². The number of hydrogen-bond donors (Lipinski definition) is 1. The van der Waals surface area contributed by atoms with E-state index in [9.17, 15) is 9.18 Å². The summed E-state index contributed by atoms with van der Waals surface area (Å²) in [6, 6.07) is 4.48. The molecule has 1 aromatic rings. The van der Waals surface area contributed by atoms with Crippen LogP contribution in [0.5, 0.6) is 0 Å². The van der Waals surface area contributed by atoms with E-state index in [4.69, 9.17) is 0 Å². The number of carbonyl (C=O) groups is 1. The third-order valence-electron chi connectivity index (χ3n) is 2.14. The highest BCUT2D eigenvalue weighted by molar-refractivity contribution is 9.10. The van der Waals surface area contributed by atoms with E-state index in [1.165, 1.54) is 6.07 Å². The molecule has 1 amide bonds. The lowest BCUT2D eigenvalue weighted by Gasteiger charge is -2.11. The van der Waals surface area contributed by atoms with Crippen LogP contribution in [0.25, 0.3) is 0 Å². The minimum absolute atomic E-state index is 0.0656. The minimum atomic E-state index is -0.510. The van der Waals surface area contributed by atoms with Gasteiger partial charge >= 0.3 is 0 Å². The van der Waals surface area contributed by atoms with E-state index < -0.39 is 5.82 Å². The van der Waals surface area contributed by atoms with Crippen LogP contribution in [-0.4, -0.2) is 24.0 Å². The van der Waals surface area contributed by atoms with Gasteiger partial charge < -0.3 is 5.32 Å². The molecule has 0 saturated heterocycles. The summed E-state index contributed by atoms with van der Waals surface area (Å²) >= 11 is 4.82. The monoisotopic (exact) mass is 305 g/mol. The number of rotatable bonds is 4. The second kappa shape index (κ2) is 6.25. The van der Waals surface area contributed by atoms with Crippen molar-refractivity contribution in [2.45, 2.75) is 12.2 Å². The summed E-state index contributed by atoms with van der Waals surface area (Å²) in [7, 11) is 0. The van der Waals surface area contributed by atoms with E-state index in [2.05, 4.69) is 21.2 Å². The summed E-state index contributed by atoms with van der Waals surface area (Å²) in [6.07, 6.45) is 1.97. The molecule has 2 nitrogen and oxygen atoms in total. The van der Waals surface area contributed by atoms with Crippen molar-refractivity contribution >= 4 is 33.6 Å². The fourth-order valence-electron chi connectivity index (χ4n) is 1.12. The van der Waals surface area contributed by atoms with E-state index in [0.29, 0.717) is 16.3 Å². The van der Waals surface area contributed by atoms with Gasteiger partial charge in [-0.15, -0.1) is 0 Å². The quantitative estimate of drug-likeness (QED) is 0.926. The van der Waals surface area contributed by atoms with Crippen molar-refractivity contribution in [1.82, 2.24) is 5.32 Å². The Balaban J connectivity index is 2.73. The Morgan fingerprint density at radius 2 is 2.31 bits per heavy atom. The molecule has 88 valence electrons. The van der Waals surface area contributed by atoms with Crippen molar-refractivity contribution in [2.75, 3.05) is 12.8 Å². The van der Waals surface area contributed by atoms with E-state index in [0.717, 1.165) is 0 Å². The highest BCUT2D eigenvalue weighted by atomic mass is 79.9. The van der Waals surface area contributed by atoms with Crippen LogP contribution in [0.1, 0.15) is 17.3 Å². The van der Waals surface area contributed by atoms with Crippen molar-refractivity contribution in [2.24, 2.45) is 0 Å². The van der Waals surface area contributed by atoms with Gasteiger partial charge in [-0.25, -0.2) is 4.39 Å². The van der Waals surface area contributed by atoms with E-state index in [1.54, 1.807) is 23.9 Å². The lowest BCUT2D eigenvalue weighted by Crippen LogP contribution is -2.30. The third-order valence-corrected chi connectivity index (χ3v) is 3.77. The van der Waals surface area contributed by atoms with Crippen LogP contribution in [0, 0.1) is 5.82 Å². The molecule has 1 rings (SSSR count). The van der Waals surface area contributed by atoms with Crippen LogP contribution < -0.4 is 5.32 Å². The molecule has 0 fully saturated rings. The highest BCUT2D eigenvalue weighted by Crippen LogP contribution is 2.19. The number of hydrogen-bond acceptors (Lipinski definition) is 2. The zero-order valence-electron chi connectivity index (χ0n) is 9.09. The topological polar surface area (TPSA) is 29.1 Å². The van der Waals surface area contributed by atoms with Gasteiger partial charge in [0.25, 0.3) is 5.91 Å². The first kappa shape index (κ1) is 13.5. The second-order valence-electron chi connectivity index (χ2n) is 3.35. The normalized spacial score (nSPS) is 12.2. The maximum absolute atomic E-state index is 13.4. The van der Waals surface area contributed by atoms with Gasteiger partial charge in [0.1, 0.15) is 5.82 Å². The average molecular weight is 306 g/mol. The Morgan fingerprint density at radius 1 is 1.62 bits per heavy atom. The predicted molar refractivity (Wildman–Crippen MR) is 69.4 cm³/mol. The highest BCUT2D eigenvalue weighted by Gasteiger charge is 2.15. The van der Waals surface area contributed by atoms with Crippen LogP contribution in [0.15, 0.2) is 22.7 Å². The van der Waals surface area contributed by atoms with Crippen molar-refractivity contribution in [3.63, 3.8) is 0 Å². The SMILES string of the molecule is CSC(C)CNC(=O)c1c(F)cccc1Br. The zero-order valence-corrected chi connectivity index (χ0v) is 11.5. The molecular formula is C11H13BrFNOS. The van der Waals surface area contributed by atoms with Crippen molar-refractivity contribution in [3.8, 4) is 0 Å². The molecule has 1 N–H and O–H groups in total. The summed E-state index contributed by atoms with van der Waals surface area (Å²) < 4.78 is 13.9. The van der Waals surface area contributed by atoms with E-state index in [-0.39, 0.29) is 11.5 Å². The number of halogens is 2. The number of carbonyl (C=O) groups excluding carboxylic acids is 1. The first-order chi connectivity index (χ1) is 7.56. The van der Waals surface area contributed by atoms with Gasteiger partial charge in [0.2, 0.25) is 0 Å². The lowest BCUT2D eigenvalue weighted by molar-refractivity contribution is 0.0949. The van der Waals surface area contributed by atoms with Crippen molar-refractivity contribution < 1.29 is 9.18 Å². The minimum Gasteiger partial charge on any atom is -0.351 e. The predicted octanol–water partition coefficient (Wildman–Crippen LogP) is 3.07. The Labute approximate surface area is 107 Å². The average Bonchev–Trinajstić information content (AvgIpc) is 2.25. The van der Waals surface area contributed by atoms with Gasteiger partial charge in [-0.05, 0) is 34.3 Å². The van der Waals surface area contributed by atoms with Gasteiger partial charge in [-0.2, -0.15) is 11.8 Å². The molecule has 5 heteroatoms. The fourth-order valence-corrected chi connectivity index (χ4v) is 1.89. The Hall–Kier alpha value is -0.550. The summed E-state index contributed by atoms with van der Waals surface area (Å²) in [4.78, 5) is 11.7.